The van der Waals surface area contributed by atoms with Crippen LogP contribution in [0.1, 0.15) is 42.6 Å². The molecule has 5 nitrogen and oxygen atoms in total. The lowest BCUT2D eigenvalue weighted by Crippen LogP contribution is -2.44. The molecule has 2 N–H and O–H groups in total. The second kappa shape index (κ2) is 4.88. The van der Waals surface area contributed by atoms with E-state index in [1.807, 2.05) is 6.92 Å². The van der Waals surface area contributed by atoms with Gasteiger partial charge in [-0.1, -0.05) is 12.8 Å². The van der Waals surface area contributed by atoms with Gasteiger partial charge in [-0.05, 0) is 32.8 Å². The number of rotatable bonds is 3. The van der Waals surface area contributed by atoms with Gasteiger partial charge in [-0.25, -0.2) is 4.79 Å². The third kappa shape index (κ3) is 2.39. The molecule has 0 amide bonds. The monoisotopic (exact) mass is 259 g/mol. The summed E-state index contributed by atoms with van der Waals surface area (Å²) >= 11 is 0. The first-order valence-electron chi connectivity index (χ1n) is 6.38. The van der Waals surface area contributed by atoms with E-state index in [0.717, 1.165) is 18.5 Å². The molecule has 19 heavy (non-hydrogen) atoms. The summed E-state index contributed by atoms with van der Waals surface area (Å²) in [5, 5.41) is 21.8. The number of pyridine rings is 1. The fourth-order valence-electron chi connectivity index (χ4n) is 2.70. The van der Waals surface area contributed by atoms with Gasteiger partial charge in [-0.3, -0.25) is 4.98 Å². The summed E-state index contributed by atoms with van der Waals surface area (Å²) in [5.74, 6) is -0.846. The molecule has 5 heteroatoms. The molecule has 0 aliphatic heterocycles. The Kier molecular flexibility index (Phi) is 3.43. The van der Waals surface area contributed by atoms with E-state index in [0.29, 0.717) is 29.8 Å². The molecule has 0 radical (unpaired) electrons. The molecule has 0 spiro atoms. The Balaban J connectivity index is 2.43. The Morgan fingerprint density at radius 3 is 2.63 bits per heavy atom. The summed E-state index contributed by atoms with van der Waals surface area (Å²) in [4.78, 5) is 15.8. The quantitative estimate of drug-likeness (QED) is 0.870. The van der Waals surface area contributed by atoms with E-state index in [4.69, 9.17) is 0 Å². The van der Waals surface area contributed by atoms with E-state index in [1.165, 1.54) is 0 Å². The first-order valence-corrected chi connectivity index (χ1v) is 6.38. The Labute approximate surface area is 112 Å². The minimum Gasteiger partial charge on any atom is -0.480 e. The fourth-order valence-corrected chi connectivity index (χ4v) is 2.70. The molecule has 1 aromatic heterocycles. The highest BCUT2D eigenvalue weighted by Crippen LogP contribution is 2.34. The van der Waals surface area contributed by atoms with E-state index >= 15 is 0 Å². The fraction of sp³-hybridized carbons (Fsp3) is 0.500. The number of nitriles is 1. The van der Waals surface area contributed by atoms with Gasteiger partial charge in [-0.2, -0.15) is 5.26 Å². The van der Waals surface area contributed by atoms with Gasteiger partial charge in [0.1, 0.15) is 11.6 Å². The lowest BCUT2D eigenvalue weighted by Gasteiger charge is -2.27. The molecular formula is C14H17N3O2. The van der Waals surface area contributed by atoms with Crippen LogP contribution in [0.5, 0.6) is 0 Å². The normalized spacial score (nSPS) is 16.9. The predicted octanol–water partition coefficient (Wildman–Crippen LogP) is 2.38. The SMILES string of the molecule is Cc1cc(NC2(C(=O)O)CCCC2)c(C#N)c(C)n1. The molecule has 100 valence electrons. The lowest BCUT2D eigenvalue weighted by molar-refractivity contribution is -0.142. The van der Waals surface area contributed by atoms with Crippen LogP contribution in [0.3, 0.4) is 0 Å². The molecule has 1 fully saturated rings. The van der Waals surface area contributed by atoms with Crippen LogP contribution in [0, 0.1) is 25.2 Å². The number of nitrogens with one attached hydrogen (secondary N) is 1. The molecule has 0 saturated heterocycles. The van der Waals surface area contributed by atoms with Crippen molar-refractivity contribution in [2.45, 2.75) is 45.1 Å². The van der Waals surface area contributed by atoms with E-state index in [2.05, 4.69) is 16.4 Å². The largest absolute Gasteiger partial charge is 0.480 e. The van der Waals surface area contributed by atoms with Crippen molar-refractivity contribution in [2.75, 3.05) is 5.32 Å². The second-order valence-electron chi connectivity index (χ2n) is 5.10. The molecule has 0 unspecified atom stereocenters. The maximum atomic E-state index is 11.5. The van der Waals surface area contributed by atoms with E-state index in [-0.39, 0.29) is 0 Å². The van der Waals surface area contributed by atoms with Gasteiger partial charge in [-0.15, -0.1) is 0 Å². The van der Waals surface area contributed by atoms with Crippen LogP contribution in [0.25, 0.3) is 0 Å². The van der Waals surface area contributed by atoms with Gasteiger partial charge in [0.05, 0.1) is 16.9 Å². The molecule has 1 aliphatic carbocycles. The number of aliphatic carboxylic acids is 1. The summed E-state index contributed by atoms with van der Waals surface area (Å²) in [7, 11) is 0. The van der Waals surface area contributed by atoms with Crippen LogP contribution in [-0.2, 0) is 4.79 Å². The van der Waals surface area contributed by atoms with Crippen molar-refractivity contribution in [3.05, 3.63) is 23.0 Å². The number of carbonyl (C=O) groups is 1. The second-order valence-corrected chi connectivity index (χ2v) is 5.10. The Morgan fingerprint density at radius 1 is 1.47 bits per heavy atom. The summed E-state index contributed by atoms with van der Waals surface area (Å²) < 4.78 is 0. The summed E-state index contributed by atoms with van der Waals surface area (Å²) in [6, 6.07) is 3.85. The lowest BCUT2D eigenvalue weighted by atomic mass is 9.96. The van der Waals surface area contributed by atoms with Gasteiger partial charge in [0.2, 0.25) is 0 Å². The number of carboxylic acid groups (broad SMARTS) is 1. The number of hydrogen-bond acceptors (Lipinski definition) is 4. The summed E-state index contributed by atoms with van der Waals surface area (Å²) in [5.41, 5.74) is 1.47. The van der Waals surface area contributed by atoms with Crippen molar-refractivity contribution in [2.24, 2.45) is 0 Å². The standard InChI is InChI=1S/C14H17N3O2/c1-9-7-12(11(8-15)10(2)16-9)17-14(13(18)19)5-3-4-6-14/h7H,3-6H2,1-2H3,(H,16,17)(H,18,19). The Morgan fingerprint density at radius 2 is 2.11 bits per heavy atom. The van der Waals surface area contributed by atoms with Crippen LogP contribution in [0.15, 0.2) is 6.07 Å². The highest BCUT2D eigenvalue weighted by Gasteiger charge is 2.41. The highest BCUT2D eigenvalue weighted by molar-refractivity contribution is 5.84. The number of aryl methyl sites for hydroxylation is 2. The number of anilines is 1. The maximum Gasteiger partial charge on any atom is 0.329 e. The van der Waals surface area contributed by atoms with Crippen molar-refractivity contribution in [3.63, 3.8) is 0 Å². The van der Waals surface area contributed by atoms with Gasteiger partial charge >= 0.3 is 5.97 Å². The molecule has 1 heterocycles. The molecule has 1 aromatic rings. The smallest absolute Gasteiger partial charge is 0.329 e. The van der Waals surface area contributed by atoms with Crippen LogP contribution in [0.2, 0.25) is 0 Å². The van der Waals surface area contributed by atoms with E-state index in [9.17, 15) is 15.2 Å². The van der Waals surface area contributed by atoms with Crippen LogP contribution in [-0.4, -0.2) is 21.6 Å². The zero-order valence-electron chi connectivity index (χ0n) is 11.2. The maximum absolute atomic E-state index is 11.5. The third-order valence-corrected chi connectivity index (χ3v) is 3.68. The zero-order valence-corrected chi connectivity index (χ0v) is 11.2. The molecule has 1 saturated carbocycles. The van der Waals surface area contributed by atoms with Crippen molar-refractivity contribution < 1.29 is 9.90 Å². The molecule has 2 rings (SSSR count). The van der Waals surface area contributed by atoms with Crippen molar-refractivity contribution in [1.82, 2.24) is 4.98 Å². The summed E-state index contributed by atoms with van der Waals surface area (Å²) in [6.45, 7) is 3.60. The van der Waals surface area contributed by atoms with Crippen LogP contribution in [0.4, 0.5) is 5.69 Å². The topological polar surface area (TPSA) is 86.0 Å². The molecule has 0 bridgehead atoms. The van der Waals surface area contributed by atoms with Gasteiger partial charge in [0, 0.05) is 5.69 Å². The highest BCUT2D eigenvalue weighted by atomic mass is 16.4. The minimum atomic E-state index is -0.939. The average Bonchev–Trinajstić information content (AvgIpc) is 2.78. The average molecular weight is 259 g/mol. The van der Waals surface area contributed by atoms with Crippen molar-refractivity contribution in [1.29, 1.82) is 5.26 Å². The molecule has 0 aromatic carbocycles. The van der Waals surface area contributed by atoms with Crippen molar-refractivity contribution >= 4 is 11.7 Å². The first-order chi connectivity index (χ1) is 8.98. The van der Waals surface area contributed by atoms with E-state index in [1.54, 1.807) is 13.0 Å². The number of carboxylic acids is 1. The minimum absolute atomic E-state index is 0.429. The number of aromatic nitrogens is 1. The van der Waals surface area contributed by atoms with E-state index < -0.39 is 11.5 Å². The molecular weight excluding hydrogens is 242 g/mol. The molecule has 0 atom stereocenters. The predicted molar refractivity (Wildman–Crippen MR) is 70.9 cm³/mol. The third-order valence-electron chi connectivity index (χ3n) is 3.68. The van der Waals surface area contributed by atoms with Crippen LogP contribution >= 0.6 is 0 Å². The zero-order chi connectivity index (χ0) is 14.0. The first kappa shape index (κ1) is 13.3. The Hall–Kier alpha value is -2.09. The molecule has 1 aliphatic rings. The summed E-state index contributed by atoms with van der Waals surface area (Å²) in [6.07, 6.45) is 2.97. The van der Waals surface area contributed by atoms with Crippen LogP contribution < -0.4 is 5.32 Å². The van der Waals surface area contributed by atoms with Gasteiger partial charge in [0.25, 0.3) is 0 Å². The van der Waals surface area contributed by atoms with Crippen molar-refractivity contribution in [3.8, 4) is 6.07 Å². The van der Waals surface area contributed by atoms with Gasteiger partial charge < -0.3 is 10.4 Å². The number of nitrogens with zero attached hydrogens (tertiary/aromatic N) is 2. The van der Waals surface area contributed by atoms with Gasteiger partial charge in [0.15, 0.2) is 0 Å². The Bertz CT molecular complexity index is 555. The number of hydrogen-bond donors (Lipinski definition) is 2.